The van der Waals surface area contributed by atoms with E-state index in [9.17, 15) is 15.0 Å². The molecule has 6 atom stereocenters. The molecule has 2 aliphatic heterocycles. The highest BCUT2D eigenvalue weighted by Gasteiger charge is 2.75. The largest absolute Gasteiger partial charge is 0.504 e. The van der Waals surface area contributed by atoms with Gasteiger partial charge in [-0.2, -0.15) is 0 Å². The molecule has 182 valence electrons. The lowest BCUT2D eigenvalue weighted by molar-refractivity contribution is -0.220. The second-order valence-corrected chi connectivity index (χ2v) is 11.0. The number of aliphatic hydroxyl groups is 1. The minimum Gasteiger partial charge on any atom is -0.504 e. The van der Waals surface area contributed by atoms with Gasteiger partial charge in [0.05, 0.1) is 17.1 Å². The molecule has 2 heterocycles. The van der Waals surface area contributed by atoms with Gasteiger partial charge < -0.3 is 24.7 Å². The fourth-order valence-electron chi connectivity index (χ4n) is 7.61. The van der Waals surface area contributed by atoms with Crippen molar-refractivity contribution in [2.75, 3.05) is 20.6 Å². The molecule has 4 aliphatic rings. The lowest BCUT2D eigenvalue weighted by Gasteiger charge is -2.66. The summed E-state index contributed by atoms with van der Waals surface area (Å²) in [6.45, 7) is 4.92. The van der Waals surface area contributed by atoms with Crippen molar-refractivity contribution >= 4 is 5.91 Å². The average molecular weight is 473 g/mol. The van der Waals surface area contributed by atoms with Gasteiger partial charge >= 0.3 is 0 Å². The SMILES string of the molecule is Cc1cccc(C#CC(=O)N(C)[C@@H]2C[C@H](C)[C@@]3(O)[C@H]4Cc5ccc(O)c6c5[C@@]3(CCN4C)[C@H]2O6)c1. The molecule has 2 aromatic rings. The van der Waals surface area contributed by atoms with Gasteiger partial charge in [-0.25, -0.2) is 0 Å². The molecule has 1 spiro atoms. The smallest absolute Gasteiger partial charge is 0.298 e. The fourth-order valence-corrected chi connectivity index (χ4v) is 7.61. The molecule has 1 amide bonds. The normalized spacial score (nSPS) is 34.3. The van der Waals surface area contributed by atoms with Crippen LogP contribution in [0.3, 0.4) is 0 Å². The van der Waals surface area contributed by atoms with Crippen LogP contribution >= 0.6 is 0 Å². The summed E-state index contributed by atoms with van der Waals surface area (Å²) < 4.78 is 6.55. The Morgan fingerprint density at radius 1 is 1.29 bits per heavy atom. The standard InChI is InChI=1S/C29H32N2O4/c1-17-6-5-7-19(14-17)8-11-24(33)31(4)21-15-18(2)29(34)23-16-20-9-10-22(32)26-25(20)28(29,27(21)35-26)12-13-30(23)3/h5-7,9-10,14,18,21,23,27,32,34H,12-13,15-16H2,1-4H3/t18-,21+,23+,27-,28-,29+/m0/s1. The van der Waals surface area contributed by atoms with Crippen LogP contribution in [0.5, 0.6) is 11.5 Å². The van der Waals surface area contributed by atoms with Gasteiger partial charge in [0, 0.05) is 30.1 Å². The molecule has 2 N–H and O–H groups in total. The highest BCUT2D eigenvalue weighted by atomic mass is 16.5. The Morgan fingerprint density at radius 2 is 2.09 bits per heavy atom. The number of likely N-dealkylation sites (N-methyl/N-ethyl adjacent to an activating group) is 2. The molecule has 0 aromatic heterocycles. The lowest BCUT2D eigenvalue weighted by atomic mass is 9.45. The second kappa shape index (κ2) is 7.49. The van der Waals surface area contributed by atoms with Gasteiger partial charge in [0.2, 0.25) is 0 Å². The van der Waals surface area contributed by atoms with Crippen molar-refractivity contribution in [2.24, 2.45) is 5.92 Å². The van der Waals surface area contributed by atoms with Crippen LogP contribution in [0.2, 0.25) is 0 Å². The number of phenolic OH excluding ortho intramolecular Hbond substituents is 1. The summed E-state index contributed by atoms with van der Waals surface area (Å²) in [5, 5.41) is 23.3. The van der Waals surface area contributed by atoms with Crippen molar-refractivity contribution in [1.82, 2.24) is 9.80 Å². The molecule has 2 aliphatic carbocycles. The Kier molecular flexibility index (Phi) is 4.81. The van der Waals surface area contributed by atoms with Gasteiger partial charge in [0.25, 0.3) is 5.91 Å². The van der Waals surface area contributed by atoms with Crippen molar-refractivity contribution in [1.29, 1.82) is 0 Å². The summed E-state index contributed by atoms with van der Waals surface area (Å²) in [7, 11) is 3.87. The van der Waals surface area contributed by atoms with Crippen LogP contribution in [0.1, 0.15) is 42.0 Å². The first-order valence-corrected chi connectivity index (χ1v) is 12.5. The molecule has 2 bridgehead atoms. The molecule has 6 rings (SSSR count). The van der Waals surface area contributed by atoms with Crippen molar-refractivity contribution < 1.29 is 19.7 Å². The molecule has 2 fully saturated rings. The zero-order valence-corrected chi connectivity index (χ0v) is 20.7. The molecular formula is C29H32N2O4. The third-order valence-corrected chi connectivity index (χ3v) is 9.27. The quantitative estimate of drug-likeness (QED) is 0.625. The number of hydrogen-bond acceptors (Lipinski definition) is 5. The van der Waals surface area contributed by atoms with E-state index in [2.05, 4.69) is 30.7 Å². The first kappa shape index (κ1) is 22.5. The van der Waals surface area contributed by atoms with Crippen molar-refractivity contribution in [3.8, 4) is 23.3 Å². The Bertz CT molecular complexity index is 1300. The predicted molar refractivity (Wildman–Crippen MR) is 132 cm³/mol. The molecule has 6 heteroatoms. The predicted octanol–water partition coefficient (Wildman–Crippen LogP) is 2.61. The van der Waals surface area contributed by atoms with E-state index in [1.54, 1.807) is 18.0 Å². The first-order chi connectivity index (χ1) is 16.7. The van der Waals surface area contributed by atoms with Gasteiger partial charge in [-0.15, -0.1) is 0 Å². The third-order valence-electron chi connectivity index (χ3n) is 9.27. The number of aromatic hydroxyl groups is 1. The summed E-state index contributed by atoms with van der Waals surface area (Å²) >= 11 is 0. The Balaban J connectivity index is 1.43. The molecular weight excluding hydrogens is 440 g/mol. The molecule has 6 nitrogen and oxygen atoms in total. The molecule has 0 unspecified atom stereocenters. The molecule has 35 heavy (non-hydrogen) atoms. The molecule has 2 aromatic carbocycles. The van der Waals surface area contributed by atoms with Crippen molar-refractivity contribution in [3.05, 3.63) is 58.7 Å². The summed E-state index contributed by atoms with van der Waals surface area (Å²) in [6, 6.07) is 11.2. The monoisotopic (exact) mass is 472 g/mol. The van der Waals surface area contributed by atoms with Crippen molar-refractivity contribution in [3.63, 3.8) is 0 Å². The van der Waals surface area contributed by atoms with Gasteiger partial charge in [0.1, 0.15) is 6.10 Å². The number of carbonyl (C=O) groups is 1. The average Bonchev–Trinajstić information content (AvgIpc) is 3.19. The van der Waals surface area contributed by atoms with Crippen LogP contribution in [-0.2, 0) is 16.6 Å². The Hall–Kier alpha value is -3.01. The minimum atomic E-state index is -1.01. The van der Waals surface area contributed by atoms with E-state index in [0.717, 1.165) is 35.2 Å². The number of benzene rings is 2. The number of phenols is 1. The van der Waals surface area contributed by atoms with Crippen LogP contribution < -0.4 is 4.74 Å². The lowest BCUT2D eigenvalue weighted by Crippen LogP contribution is -2.80. The number of piperidine rings is 1. The van der Waals surface area contributed by atoms with Gasteiger partial charge in [-0.05, 0) is 75.0 Å². The zero-order chi connectivity index (χ0) is 24.7. The number of aryl methyl sites for hydroxylation is 1. The number of likely N-dealkylation sites (tertiary alicyclic amines) is 1. The van der Waals surface area contributed by atoms with Gasteiger partial charge in [-0.3, -0.25) is 4.79 Å². The van der Waals surface area contributed by atoms with E-state index in [1.165, 1.54) is 0 Å². The van der Waals surface area contributed by atoms with Crippen LogP contribution in [0.15, 0.2) is 36.4 Å². The summed E-state index contributed by atoms with van der Waals surface area (Å²) in [6.07, 6.45) is 1.59. The van der Waals surface area contributed by atoms with Crippen LogP contribution in [0.25, 0.3) is 0 Å². The molecule has 1 saturated heterocycles. The number of ether oxygens (including phenoxy) is 1. The summed E-state index contributed by atoms with van der Waals surface area (Å²) in [5.74, 6) is 6.08. The minimum absolute atomic E-state index is 0.0385. The second-order valence-electron chi connectivity index (χ2n) is 11.0. The highest BCUT2D eigenvalue weighted by Crippen LogP contribution is 2.66. The number of rotatable bonds is 1. The fraction of sp³-hybridized carbons (Fsp3) is 0.483. The number of carbonyl (C=O) groups excluding carboxylic acids is 1. The summed E-state index contributed by atoms with van der Waals surface area (Å²) in [5.41, 5.74) is 2.30. The Morgan fingerprint density at radius 3 is 2.86 bits per heavy atom. The van der Waals surface area contributed by atoms with E-state index >= 15 is 0 Å². The number of amides is 1. The molecule has 1 saturated carbocycles. The van der Waals surface area contributed by atoms with E-state index in [0.29, 0.717) is 18.6 Å². The summed E-state index contributed by atoms with van der Waals surface area (Å²) in [4.78, 5) is 17.2. The van der Waals surface area contributed by atoms with Crippen molar-refractivity contribution in [2.45, 2.75) is 62.3 Å². The van der Waals surface area contributed by atoms with Crippen LogP contribution in [0, 0.1) is 24.7 Å². The third kappa shape index (κ3) is 2.83. The van der Waals surface area contributed by atoms with Crippen LogP contribution in [-0.4, -0.2) is 70.3 Å². The van der Waals surface area contributed by atoms with E-state index in [4.69, 9.17) is 4.74 Å². The molecule has 0 radical (unpaired) electrons. The number of hydrogen-bond donors (Lipinski definition) is 2. The van der Waals surface area contributed by atoms with Crippen LogP contribution in [0.4, 0.5) is 0 Å². The highest BCUT2D eigenvalue weighted by molar-refractivity contribution is 5.94. The van der Waals surface area contributed by atoms with E-state index < -0.39 is 17.1 Å². The van der Waals surface area contributed by atoms with Gasteiger partial charge in [0.15, 0.2) is 11.5 Å². The first-order valence-electron chi connectivity index (χ1n) is 12.5. The van der Waals surface area contributed by atoms with E-state index in [1.807, 2.05) is 37.3 Å². The Labute approximate surface area is 206 Å². The topological polar surface area (TPSA) is 73.2 Å². The van der Waals surface area contributed by atoms with Gasteiger partial charge in [-0.1, -0.05) is 31.0 Å². The van der Waals surface area contributed by atoms with E-state index in [-0.39, 0.29) is 29.7 Å². The number of nitrogens with zero attached hydrogens (tertiary/aromatic N) is 2. The zero-order valence-electron chi connectivity index (χ0n) is 20.7. The maximum atomic E-state index is 13.3. The maximum Gasteiger partial charge on any atom is 0.298 e. The maximum absolute atomic E-state index is 13.3.